The fourth-order valence-electron chi connectivity index (χ4n) is 4.05. The molecule has 8 nitrogen and oxygen atoms in total. The number of hydrogen-bond donors (Lipinski definition) is 0. The van der Waals surface area contributed by atoms with Crippen molar-refractivity contribution in [3.63, 3.8) is 0 Å². The standard InChI is InChI=1S/C18H19ClN2O6/c1-3-26-17(23)15-12(11-6-4-5-7-13(11)19)8-18(9-14(15)22)16(21(24)25)10(2)20-27-18/h4-7,12,15-16H,3,8-9H2,1-2H3/t12-,15+,16+,18-/m1/s1. The van der Waals surface area contributed by atoms with Gasteiger partial charge in [-0.25, -0.2) is 0 Å². The van der Waals surface area contributed by atoms with Crippen molar-refractivity contribution in [2.75, 3.05) is 6.61 Å². The average molecular weight is 395 g/mol. The summed E-state index contributed by atoms with van der Waals surface area (Å²) in [5.41, 5.74) is -0.683. The van der Waals surface area contributed by atoms with Gasteiger partial charge in [0.1, 0.15) is 11.6 Å². The number of carbonyl (C=O) groups is 2. The molecule has 1 aliphatic heterocycles. The van der Waals surface area contributed by atoms with E-state index in [0.29, 0.717) is 10.6 Å². The normalized spacial score (nSPS) is 30.0. The van der Waals surface area contributed by atoms with Gasteiger partial charge in [-0.05, 0) is 25.5 Å². The van der Waals surface area contributed by atoms with Crippen molar-refractivity contribution < 1.29 is 24.1 Å². The molecule has 0 unspecified atom stereocenters. The van der Waals surface area contributed by atoms with Crippen molar-refractivity contribution in [3.8, 4) is 0 Å². The highest BCUT2D eigenvalue weighted by Crippen LogP contribution is 2.48. The lowest BCUT2D eigenvalue weighted by atomic mass is 9.65. The van der Waals surface area contributed by atoms with Crippen molar-refractivity contribution in [2.45, 2.75) is 44.2 Å². The zero-order chi connectivity index (χ0) is 19.8. The van der Waals surface area contributed by atoms with Gasteiger partial charge in [0.25, 0.3) is 6.04 Å². The van der Waals surface area contributed by atoms with Crippen LogP contribution in [0.1, 0.15) is 38.2 Å². The van der Waals surface area contributed by atoms with Gasteiger partial charge in [0, 0.05) is 22.3 Å². The van der Waals surface area contributed by atoms with Crippen LogP contribution in [0.4, 0.5) is 0 Å². The predicted octanol–water partition coefficient (Wildman–Crippen LogP) is 2.76. The van der Waals surface area contributed by atoms with Crippen molar-refractivity contribution in [2.24, 2.45) is 11.1 Å². The second-order valence-electron chi connectivity index (χ2n) is 6.78. The van der Waals surface area contributed by atoms with E-state index in [2.05, 4.69) is 5.16 Å². The van der Waals surface area contributed by atoms with E-state index >= 15 is 0 Å². The Morgan fingerprint density at radius 3 is 2.81 bits per heavy atom. The maximum Gasteiger partial charge on any atom is 0.317 e. The monoisotopic (exact) mass is 394 g/mol. The molecule has 0 saturated heterocycles. The van der Waals surface area contributed by atoms with E-state index in [1.54, 1.807) is 31.2 Å². The van der Waals surface area contributed by atoms with Crippen molar-refractivity contribution in [1.29, 1.82) is 0 Å². The van der Waals surface area contributed by atoms with Crippen LogP contribution in [-0.2, 0) is 19.2 Å². The molecule has 1 aromatic carbocycles. The molecule has 0 amide bonds. The summed E-state index contributed by atoms with van der Waals surface area (Å²) in [6.07, 6.45) is -0.234. The number of Topliss-reactive ketones (excluding diaryl/α,β-unsaturated/α-hetero) is 1. The molecule has 144 valence electrons. The topological polar surface area (TPSA) is 108 Å². The summed E-state index contributed by atoms with van der Waals surface area (Å²) in [5, 5.41) is 15.8. The Balaban J connectivity index is 2.07. The van der Waals surface area contributed by atoms with E-state index in [1.807, 2.05) is 0 Å². The zero-order valence-corrected chi connectivity index (χ0v) is 15.6. The van der Waals surface area contributed by atoms with Crippen LogP contribution in [0.5, 0.6) is 0 Å². The van der Waals surface area contributed by atoms with E-state index in [1.165, 1.54) is 6.92 Å². The van der Waals surface area contributed by atoms with Gasteiger partial charge < -0.3 is 9.57 Å². The van der Waals surface area contributed by atoms with Crippen molar-refractivity contribution in [3.05, 3.63) is 45.0 Å². The zero-order valence-electron chi connectivity index (χ0n) is 14.9. The molecule has 1 fully saturated rings. The summed E-state index contributed by atoms with van der Waals surface area (Å²) >= 11 is 6.31. The number of rotatable bonds is 4. The van der Waals surface area contributed by atoms with Gasteiger partial charge in [-0.1, -0.05) is 35.0 Å². The Hall–Kier alpha value is -2.48. The number of benzene rings is 1. The van der Waals surface area contributed by atoms with E-state index < -0.39 is 40.2 Å². The minimum Gasteiger partial charge on any atom is -0.465 e. The molecule has 2 aliphatic rings. The number of ether oxygens (including phenoxy) is 1. The number of hydrogen-bond acceptors (Lipinski definition) is 7. The van der Waals surface area contributed by atoms with Crippen molar-refractivity contribution in [1.82, 2.24) is 0 Å². The Morgan fingerprint density at radius 2 is 2.19 bits per heavy atom. The van der Waals surface area contributed by atoms with Crippen LogP contribution in [0.3, 0.4) is 0 Å². The first-order valence-corrected chi connectivity index (χ1v) is 8.98. The molecule has 0 aromatic heterocycles. The Kier molecular flexibility index (Phi) is 5.19. The second-order valence-corrected chi connectivity index (χ2v) is 7.19. The van der Waals surface area contributed by atoms with Gasteiger partial charge in [0.15, 0.2) is 5.78 Å². The number of oxime groups is 1. The van der Waals surface area contributed by atoms with Gasteiger partial charge in [0.2, 0.25) is 5.60 Å². The highest BCUT2D eigenvalue weighted by molar-refractivity contribution is 6.31. The minimum absolute atomic E-state index is 0.0540. The van der Waals surface area contributed by atoms with E-state index in [4.69, 9.17) is 21.2 Å². The molecule has 9 heteroatoms. The van der Waals surface area contributed by atoms with Crippen LogP contribution >= 0.6 is 11.6 Å². The number of nitrogens with zero attached hydrogens (tertiary/aromatic N) is 2. The van der Waals surface area contributed by atoms with Crippen LogP contribution in [0.2, 0.25) is 5.02 Å². The second kappa shape index (κ2) is 7.26. The molecule has 4 atom stereocenters. The first-order chi connectivity index (χ1) is 12.8. The highest BCUT2D eigenvalue weighted by atomic mass is 35.5. The lowest BCUT2D eigenvalue weighted by molar-refractivity contribution is -0.523. The van der Waals surface area contributed by atoms with Gasteiger partial charge in [-0.2, -0.15) is 0 Å². The number of halogens is 1. The summed E-state index contributed by atoms with van der Waals surface area (Å²) in [5.74, 6) is -2.92. The number of ketones is 1. The van der Waals surface area contributed by atoms with E-state index in [0.717, 1.165) is 0 Å². The summed E-state index contributed by atoms with van der Waals surface area (Å²) in [6, 6.07) is 5.56. The lowest BCUT2D eigenvalue weighted by Gasteiger charge is -2.39. The van der Waals surface area contributed by atoms with E-state index in [9.17, 15) is 19.7 Å². The van der Waals surface area contributed by atoms with Gasteiger partial charge in [-0.3, -0.25) is 19.7 Å². The van der Waals surface area contributed by atoms with E-state index in [-0.39, 0.29) is 25.2 Å². The smallest absolute Gasteiger partial charge is 0.317 e. The third-order valence-electron chi connectivity index (χ3n) is 5.11. The molecule has 1 aliphatic carbocycles. The lowest BCUT2D eigenvalue weighted by Crippen LogP contribution is -2.55. The molecule has 0 N–H and O–H groups in total. The van der Waals surface area contributed by atoms with Crippen LogP contribution in [0, 0.1) is 16.0 Å². The highest BCUT2D eigenvalue weighted by Gasteiger charge is 2.63. The average Bonchev–Trinajstić information content (AvgIpc) is 2.90. The van der Waals surface area contributed by atoms with Gasteiger partial charge in [0.05, 0.1) is 13.0 Å². The SMILES string of the molecule is CCOC(=O)[C@@H]1C(=O)C[C@@]2(C[C@@H]1c1ccccc1Cl)ON=C(C)[C@@H]2[N+](=O)[O-]. The first kappa shape index (κ1) is 19.3. The summed E-state index contributed by atoms with van der Waals surface area (Å²) in [6.45, 7) is 3.27. The molecule has 1 heterocycles. The van der Waals surface area contributed by atoms with Gasteiger partial charge >= 0.3 is 5.97 Å². The fraction of sp³-hybridized carbons (Fsp3) is 0.500. The molecule has 1 aromatic rings. The molecule has 1 saturated carbocycles. The molecule has 3 rings (SSSR count). The molecular weight excluding hydrogens is 376 g/mol. The Bertz CT molecular complexity index is 826. The Morgan fingerprint density at radius 1 is 1.48 bits per heavy atom. The minimum atomic E-state index is -1.43. The molecular formula is C18H19ClN2O6. The van der Waals surface area contributed by atoms with Crippen LogP contribution in [0.15, 0.2) is 29.4 Å². The quantitative estimate of drug-likeness (QED) is 0.336. The fourth-order valence-corrected chi connectivity index (χ4v) is 4.33. The molecule has 0 radical (unpaired) electrons. The number of nitro groups is 1. The molecule has 27 heavy (non-hydrogen) atoms. The summed E-state index contributed by atoms with van der Waals surface area (Å²) in [7, 11) is 0. The maximum atomic E-state index is 12.9. The van der Waals surface area contributed by atoms with Crippen molar-refractivity contribution >= 4 is 29.1 Å². The third kappa shape index (κ3) is 3.29. The van der Waals surface area contributed by atoms with Crippen LogP contribution < -0.4 is 0 Å². The van der Waals surface area contributed by atoms with Crippen LogP contribution in [-0.4, -0.2) is 40.6 Å². The Labute approximate surface area is 160 Å². The number of esters is 1. The predicted molar refractivity (Wildman–Crippen MR) is 96.3 cm³/mol. The number of carbonyl (C=O) groups excluding carboxylic acids is 2. The summed E-state index contributed by atoms with van der Waals surface area (Å²) < 4.78 is 5.08. The molecule has 1 spiro atoms. The maximum absolute atomic E-state index is 12.9. The molecule has 0 bridgehead atoms. The largest absolute Gasteiger partial charge is 0.465 e. The van der Waals surface area contributed by atoms with Gasteiger partial charge in [-0.15, -0.1) is 0 Å². The summed E-state index contributed by atoms with van der Waals surface area (Å²) in [4.78, 5) is 42.0. The first-order valence-electron chi connectivity index (χ1n) is 8.60. The third-order valence-corrected chi connectivity index (χ3v) is 5.45. The van der Waals surface area contributed by atoms with Crippen LogP contribution in [0.25, 0.3) is 0 Å².